The van der Waals surface area contributed by atoms with E-state index < -0.39 is 6.10 Å². The maximum absolute atomic E-state index is 11.1. The number of fused-ring (bicyclic) bond motifs is 2. The highest BCUT2D eigenvalue weighted by Crippen LogP contribution is 2.42. The van der Waals surface area contributed by atoms with Gasteiger partial charge in [-0.3, -0.25) is 0 Å². The van der Waals surface area contributed by atoms with E-state index in [1.807, 2.05) is 19.3 Å². The topological polar surface area (TPSA) is 95.1 Å². The molecule has 0 bridgehead atoms. The Morgan fingerprint density at radius 2 is 2.19 bits per heavy atom. The molecule has 3 aromatic heterocycles. The first-order valence-corrected chi connectivity index (χ1v) is 12.4. The maximum Gasteiger partial charge on any atom is 0.139 e. The van der Waals surface area contributed by atoms with Crippen LogP contribution >= 0.6 is 11.3 Å². The van der Waals surface area contributed by atoms with Crippen LogP contribution in [-0.2, 0) is 4.74 Å². The average molecular weight is 452 g/mol. The Kier molecular flexibility index (Phi) is 5.25. The number of thiazole rings is 1. The van der Waals surface area contributed by atoms with Crippen LogP contribution in [0.5, 0.6) is 0 Å². The van der Waals surface area contributed by atoms with Crippen molar-refractivity contribution in [1.82, 2.24) is 20.3 Å². The van der Waals surface area contributed by atoms with Crippen molar-refractivity contribution < 1.29 is 9.84 Å². The summed E-state index contributed by atoms with van der Waals surface area (Å²) >= 11 is 1.60. The van der Waals surface area contributed by atoms with Gasteiger partial charge in [0.05, 0.1) is 27.9 Å². The van der Waals surface area contributed by atoms with Crippen molar-refractivity contribution in [3.8, 4) is 10.6 Å². The largest absolute Gasteiger partial charge is 0.387 e. The Morgan fingerprint density at radius 1 is 1.31 bits per heavy atom. The Labute approximate surface area is 191 Å². The fraction of sp³-hybridized carbons (Fsp3) is 0.500. The van der Waals surface area contributed by atoms with E-state index in [0.717, 1.165) is 83.4 Å². The van der Waals surface area contributed by atoms with Crippen molar-refractivity contribution in [3.63, 3.8) is 0 Å². The SMILES string of the molecule is Cc1nc(-c2cnc3[nH]ccc3c2N[C@H]2C=C3CNC[C@@H]3C2)sc1C(O)C1CCOCC1. The van der Waals surface area contributed by atoms with Crippen molar-refractivity contribution in [1.29, 1.82) is 0 Å². The molecule has 5 heterocycles. The van der Waals surface area contributed by atoms with E-state index in [1.165, 1.54) is 5.57 Å². The first-order chi connectivity index (χ1) is 15.7. The molecule has 4 N–H and O–H groups in total. The molecule has 0 aromatic carbocycles. The van der Waals surface area contributed by atoms with Gasteiger partial charge < -0.3 is 25.5 Å². The average Bonchev–Trinajstić information content (AvgIpc) is 3.58. The molecule has 0 radical (unpaired) electrons. The van der Waals surface area contributed by atoms with Crippen LogP contribution in [0.15, 0.2) is 30.1 Å². The van der Waals surface area contributed by atoms with Crippen LogP contribution < -0.4 is 10.6 Å². The molecule has 3 aromatic rings. The summed E-state index contributed by atoms with van der Waals surface area (Å²) in [6.07, 6.45) is 8.65. The van der Waals surface area contributed by atoms with Gasteiger partial charge >= 0.3 is 0 Å². The molecule has 3 aliphatic rings. The van der Waals surface area contributed by atoms with Gasteiger partial charge in [0.25, 0.3) is 0 Å². The van der Waals surface area contributed by atoms with E-state index in [4.69, 9.17) is 9.72 Å². The van der Waals surface area contributed by atoms with E-state index in [-0.39, 0.29) is 5.92 Å². The number of pyridine rings is 1. The standard InChI is InChI=1S/C24H29N5O2S/c1-13-22(21(30)14-3-6-31-7-4-14)32-24(28-13)19-12-27-23-18(2-5-26-23)20(19)29-17-8-15-10-25-11-16(15)9-17/h2,5,8,12,14,16-17,21,25,30H,3-4,6-7,9-11H2,1H3,(H2,26,27,29)/t16-,17-,21?/m0/s1. The lowest BCUT2D eigenvalue weighted by Gasteiger charge is -2.26. The Morgan fingerprint density at radius 3 is 3.03 bits per heavy atom. The highest BCUT2D eigenvalue weighted by molar-refractivity contribution is 7.15. The Bertz CT molecular complexity index is 1160. The lowest BCUT2D eigenvalue weighted by molar-refractivity contribution is 0.00824. The van der Waals surface area contributed by atoms with Crippen LogP contribution in [0, 0.1) is 18.8 Å². The predicted octanol–water partition coefficient (Wildman–Crippen LogP) is 3.78. The van der Waals surface area contributed by atoms with Crippen LogP contribution in [0.3, 0.4) is 0 Å². The monoisotopic (exact) mass is 451 g/mol. The van der Waals surface area contributed by atoms with Gasteiger partial charge in [0.2, 0.25) is 0 Å². The highest BCUT2D eigenvalue weighted by atomic mass is 32.1. The predicted molar refractivity (Wildman–Crippen MR) is 127 cm³/mol. The quantitative estimate of drug-likeness (QED) is 0.441. The van der Waals surface area contributed by atoms with Gasteiger partial charge in [-0.2, -0.15) is 0 Å². The maximum atomic E-state index is 11.1. The molecule has 32 heavy (non-hydrogen) atoms. The van der Waals surface area contributed by atoms with Crippen LogP contribution in [-0.4, -0.2) is 52.4 Å². The third kappa shape index (κ3) is 3.55. The number of H-pyrrole nitrogens is 1. The second kappa shape index (κ2) is 8.26. The zero-order valence-corrected chi connectivity index (χ0v) is 19.0. The number of aliphatic hydroxyl groups is 1. The number of ether oxygens (including phenoxy) is 1. The number of aryl methyl sites for hydroxylation is 1. The van der Waals surface area contributed by atoms with E-state index in [2.05, 4.69) is 32.7 Å². The lowest BCUT2D eigenvalue weighted by atomic mass is 9.92. The van der Waals surface area contributed by atoms with Crippen LogP contribution in [0.1, 0.15) is 35.9 Å². The molecule has 8 heteroatoms. The summed E-state index contributed by atoms with van der Waals surface area (Å²) in [5.41, 5.74) is 5.39. The smallest absolute Gasteiger partial charge is 0.139 e. The molecular formula is C24H29N5O2S. The lowest BCUT2D eigenvalue weighted by Crippen LogP contribution is -2.21. The van der Waals surface area contributed by atoms with E-state index >= 15 is 0 Å². The van der Waals surface area contributed by atoms with Gasteiger partial charge in [-0.15, -0.1) is 11.3 Å². The highest BCUT2D eigenvalue weighted by Gasteiger charge is 2.31. The first kappa shape index (κ1) is 20.4. The number of nitrogens with zero attached hydrogens (tertiary/aromatic N) is 2. The number of aliphatic hydroxyl groups excluding tert-OH is 1. The number of rotatable bonds is 5. The number of hydrogen-bond acceptors (Lipinski definition) is 7. The van der Waals surface area contributed by atoms with Crippen molar-refractivity contribution in [2.75, 3.05) is 31.6 Å². The van der Waals surface area contributed by atoms with Gasteiger partial charge in [0.15, 0.2) is 0 Å². The third-order valence-corrected chi connectivity index (χ3v) is 8.42. The first-order valence-electron chi connectivity index (χ1n) is 11.5. The molecule has 3 atom stereocenters. The Balaban J connectivity index is 1.35. The zero-order chi connectivity index (χ0) is 21.7. The molecular weight excluding hydrogens is 422 g/mol. The number of aromatic nitrogens is 3. The van der Waals surface area contributed by atoms with Crippen molar-refractivity contribution in [3.05, 3.63) is 40.7 Å². The number of aromatic amines is 1. The minimum atomic E-state index is -0.489. The summed E-state index contributed by atoms with van der Waals surface area (Å²) in [6.45, 7) is 5.53. The molecule has 0 amide bonds. The Hall–Kier alpha value is -2.26. The molecule has 0 spiro atoms. The van der Waals surface area contributed by atoms with Crippen LogP contribution in [0.2, 0.25) is 0 Å². The molecule has 1 unspecified atom stereocenters. The zero-order valence-electron chi connectivity index (χ0n) is 18.2. The fourth-order valence-corrected chi connectivity index (χ4v) is 6.55. The molecule has 7 nitrogen and oxygen atoms in total. The molecule has 2 fully saturated rings. The van der Waals surface area contributed by atoms with Gasteiger partial charge in [-0.25, -0.2) is 9.97 Å². The van der Waals surface area contributed by atoms with E-state index in [9.17, 15) is 5.11 Å². The second-order valence-electron chi connectivity index (χ2n) is 9.21. The van der Waals surface area contributed by atoms with Crippen molar-refractivity contribution in [2.24, 2.45) is 11.8 Å². The summed E-state index contributed by atoms with van der Waals surface area (Å²) in [5, 5.41) is 20.3. The van der Waals surface area contributed by atoms with Gasteiger partial charge in [-0.05, 0) is 44.1 Å². The number of hydrogen-bond donors (Lipinski definition) is 4. The summed E-state index contributed by atoms with van der Waals surface area (Å²) in [7, 11) is 0. The minimum absolute atomic E-state index is 0.233. The molecule has 6 rings (SSSR count). The van der Waals surface area contributed by atoms with E-state index in [0.29, 0.717) is 12.0 Å². The fourth-order valence-electron chi connectivity index (χ4n) is 5.38. The summed E-state index contributed by atoms with van der Waals surface area (Å²) in [5.74, 6) is 0.875. The molecule has 1 aliphatic carbocycles. The van der Waals surface area contributed by atoms with Crippen LogP contribution in [0.25, 0.3) is 21.6 Å². The number of anilines is 1. The van der Waals surface area contributed by atoms with Gasteiger partial charge in [-0.1, -0.05) is 11.6 Å². The van der Waals surface area contributed by atoms with Gasteiger partial charge in [0, 0.05) is 50.1 Å². The molecule has 2 saturated heterocycles. The second-order valence-corrected chi connectivity index (χ2v) is 10.2. The minimum Gasteiger partial charge on any atom is -0.387 e. The molecule has 0 saturated carbocycles. The van der Waals surface area contributed by atoms with Gasteiger partial charge in [0.1, 0.15) is 10.7 Å². The van der Waals surface area contributed by atoms with E-state index in [1.54, 1.807) is 11.3 Å². The van der Waals surface area contributed by atoms with Crippen LogP contribution in [0.4, 0.5) is 5.69 Å². The third-order valence-electron chi connectivity index (χ3n) is 7.16. The summed E-state index contributed by atoms with van der Waals surface area (Å²) in [6, 6.07) is 2.39. The van der Waals surface area contributed by atoms with Crippen molar-refractivity contribution >= 4 is 28.1 Å². The molecule has 168 valence electrons. The van der Waals surface area contributed by atoms with Crippen molar-refractivity contribution in [2.45, 2.75) is 38.3 Å². The summed E-state index contributed by atoms with van der Waals surface area (Å²) < 4.78 is 5.48. The molecule has 2 aliphatic heterocycles. The summed E-state index contributed by atoms with van der Waals surface area (Å²) in [4.78, 5) is 13.7. The normalized spacial score (nSPS) is 24.6. The number of nitrogens with one attached hydrogen (secondary N) is 3.